The summed E-state index contributed by atoms with van der Waals surface area (Å²) in [7, 11) is 0. The Hall–Kier alpha value is -1.38. The summed E-state index contributed by atoms with van der Waals surface area (Å²) in [6, 6.07) is 3.92. The third-order valence-corrected chi connectivity index (χ3v) is 2.79. The van der Waals surface area contributed by atoms with Crippen molar-refractivity contribution in [3.63, 3.8) is 0 Å². The summed E-state index contributed by atoms with van der Waals surface area (Å²) in [4.78, 5) is 15.7. The zero-order valence-corrected chi connectivity index (χ0v) is 10.9. The summed E-state index contributed by atoms with van der Waals surface area (Å²) in [6.45, 7) is 7.14. The molecule has 0 radical (unpaired) electrons. The Morgan fingerprint density at radius 1 is 1.41 bits per heavy atom. The lowest BCUT2D eigenvalue weighted by atomic mass is 9.99. The third-order valence-electron chi connectivity index (χ3n) is 2.79. The summed E-state index contributed by atoms with van der Waals surface area (Å²) in [5.41, 5.74) is 1.12. The van der Waals surface area contributed by atoms with Gasteiger partial charge >= 0.3 is 0 Å². The van der Waals surface area contributed by atoms with Crippen molar-refractivity contribution in [3.05, 3.63) is 30.1 Å². The van der Waals surface area contributed by atoms with E-state index in [9.17, 15) is 4.79 Å². The predicted octanol–water partition coefficient (Wildman–Crippen LogP) is 2.74. The highest BCUT2D eigenvalue weighted by molar-refractivity contribution is 5.76. The highest BCUT2D eigenvalue weighted by atomic mass is 16.1. The average molecular weight is 234 g/mol. The maximum absolute atomic E-state index is 11.7. The van der Waals surface area contributed by atoms with Crippen LogP contribution in [0.25, 0.3) is 0 Å². The number of aromatic nitrogens is 1. The highest BCUT2D eigenvalue weighted by Crippen LogP contribution is 2.17. The zero-order chi connectivity index (χ0) is 12.7. The summed E-state index contributed by atoms with van der Waals surface area (Å²) in [5, 5.41) is 2.96. The second kappa shape index (κ2) is 7.05. The molecule has 1 aromatic heterocycles. The van der Waals surface area contributed by atoms with Gasteiger partial charge in [0, 0.05) is 25.4 Å². The minimum Gasteiger partial charge on any atom is -0.356 e. The normalized spacial score (nSPS) is 12.5. The van der Waals surface area contributed by atoms with Crippen LogP contribution in [0.5, 0.6) is 0 Å². The molecule has 0 saturated carbocycles. The van der Waals surface area contributed by atoms with E-state index >= 15 is 0 Å². The number of carbonyl (C=O) groups excluding carboxylic acids is 1. The molecule has 3 nitrogen and oxygen atoms in total. The van der Waals surface area contributed by atoms with Crippen molar-refractivity contribution in [1.82, 2.24) is 10.3 Å². The van der Waals surface area contributed by atoms with E-state index < -0.39 is 0 Å². The van der Waals surface area contributed by atoms with E-state index in [2.05, 4.69) is 31.1 Å². The van der Waals surface area contributed by atoms with Crippen LogP contribution in [0, 0.1) is 5.92 Å². The summed E-state index contributed by atoms with van der Waals surface area (Å²) in [6.07, 6.45) is 5.14. The second-order valence-corrected chi connectivity index (χ2v) is 4.92. The summed E-state index contributed by atoms with van der Waals surface area (Å²) < 4.78 is 0. The van der Waals surface area contributed by atoms with Crippen molar-refractivity contribution in [2.45, 2.75) is 39.5 Å². The lowest BCUT2D eigenvalue weighted by molar-refractivity contribution is -0.121. The number of nitrogens with one attached hydrogen (secondary N) is 1. The van der Waals surface area contributed by atoms with E-state index in [0.717, 1.165) is 18.5 Å². The maximum Gasteiger partial charge on any atom is 0.220 e. The molecule has 17 heavy (non-hydrogen) atoms. The molecular weight excluding hydrogens is 212 g/mol. The summed E-state index contributed by atoms with van der Waals surface area (Å²) >= 11 is 0. The topological polar surface area (TPSA) is 42.0 Å². The Morgan fingerprint density at radius 3 is 2.76 bits per heavy atom. The number of carbonyl (C=O) groups is 1. The van der Waals surface area contributed by atoms with Gasteiger partial charge in [-0.2, -0.15) is 0 Å². The first kappa shape index (κ1) is 13.7. The molecule has 1 heterocycles. The Kier molecular flexibility index (Phi) is 5.67. The molecule has 0 bridgehead atoms. The zero-order valence-electron chi connectivity index (χ0n) is 10.9. The van der Waals surface area contributed by atoms with Gasteiger partial charge in [0.25, 0.3) is 0 Å². The van der Waals surface area contributed by atoms with Crippen molar-refractivity contribution in [3.8, 4) is 0 Å². The average Bonchev–Trinajstić information content (AvgIpc) is 2.29. The lowest BCUT2D eigenvalue weighted by Gasteiger charge is -2.12. The Bertz CT molecular complexity index is 335. The van der Waals surface area contributed by atoms with Gasteiger partial charge in [-0.3, -0.25) is 9.78 Å². The van der Waals surface area contributed by atoms with Crippen LogP contribution in [-0.4, -0.2) is 17.4 Å². The number of amides is 1. The Balaban J connectivity index is 2.31. The number of pyridine rings is 1. The van der Waals surface area contributed by atoms with Gasteiger partial charge in [0.05, 0.1) is 0 Å². The highest BCUT2D eigenvalue weighted by Gasteiger charge is 2.10. The van der Waals surface area contributed by atoms with E-state index in [0.29, 0.717) is 12.3 Å². The predicted molar refractivity (Wildman–Crippen MR) is 69.7 cm³/mol. The fourth-order valence-electron chi connectivity index (χ4n) is 1.64. The molecule has 1 atom stereocenters. The van der Waals surface area contributed by atoms with E-state index in [1.165, 1.54) is 0 Å². The smallest absolute Gasteiger partial charge is 0.220 e. The number of rotatable bonds is 6. The molecule has 3 heteroatoms. The second-order valence-electron chi connectivity index (χ2n) is 4.92. The van der Waals surface area contributed by atoms with Gasteiger partial charge < -0.3 is 5.32 Å². The van der Waals surface area contributed by atoms with Crippen molar-refractivity contribution in [2.24, 2.45) is 5.92 Å². The number of nitrogens with zero attached hydrogens (tertiary/aromatic N) is 1. The van der Waals surface area contributed by atoms with Crippen LogP contribution in [0.15, 0.2) is 24.5 Å². The first-order valence-corrected chi connectivity index (χ1v) is 6.26. The number of hydrogen-bond acceptors (Lipinski definition) is 2. The van der Waals surface area contributed by atoms with Crippen LogP contribution in [-0.2, 0) is 4.79 Å². The molecule has 0 aromatic carbocycles. The van der Waals surface area contributed by atoms with Gasteiger partial charge in [0.2, 0.25) is 5.91 Å². The first-order chi connectivity index (χ1) is 8.09. The van der Waals surface area contributed by atoms with Gasteiger partial charge in [-0.1, -0.05) is 26.8 Å². The molecule has 94 valence electrons. The monoisotopic (exact) mass is 234 g/mol. The molecule has 1 aromatic rings. The molecule has 0 fully saturated rings. The van der Waals surface area contributed by atoms with Gasteiger partial charge in [-0.05, 0) is 29.9 Å². The number of hydrogen-bond donors (Lipinski definition) is 1. The molecule has 1 unspecified atom stereocenters. The standard InChI is InChI=1S/C14H22N2O/c1-11(2)6-8-16-14(17)9-12(3)13-5-4-7-15-10-13/h4-5,7,10-12H,6,8-9H2,1-3H3,(H,16,17). The SMILES string of the molecule is CC(C)CCNC(=O)CC(C)c1cccnc1. The van der Waals surface area contributed by atoms with Gasteiger partial charge in [0.1, 0.15) is 0 Å². The molecule has 0 aliphatic heterocycles. The van der Waals surface area contributed by atoms with E-state index in [-0.39, 0.29) is 11.8 Å². The van der Waals surface area contributed by atoms with Crippen molar-refractivity contribution >= 4 is 5.91 Å². The summed E-state index contributed by atoms with van der Waals surface area (Å²) in [5.74, 6) is 0.982. The van der Waals surface area contributed by atoms with E-state index in [1.54, 1.807) is 6.20 Å². The first-order valence-electron chi connectivity index (χ1n) is 6.26. The fraction of sp³-hybridized carbons (Fsp3) is 0.571. The van der Waals surface area contributed by atoms with Crippen LogP contribution in [0.3, 0.4) is 0 Å². The molecule has 0 aliphatic carbocycles. The lowest BCUT2D eigenvalue weighted by Crippen LogP contribution is -2.26. The van der Waals surface area contributed by atoms with Crippen molar-refractivity contribution in [1.29, 1.82) is 0 Å². The van der Waals surface area contributed by atoms with Crippen LogP contribution < -0.4 is 5.32 Å². The Morgan fingerprint density at radius 2 is 2.18 bits per heavy atom. The van der Waals surface area contributed by atoms with Gasteiger partial charge in [0.15, 0.2) is 0 Å². The third kappa shape index (κ3) is 5.48. The maximum atomic E-state index is 11.7. The molecule has 1 amide bonds. The minimum atomic E-state index is 0.127. The van der Waals surface area contributed by atoms with Crippen LogP contribution >= 0.6 is 0 Å². The van der Waals surface area contributed by atoms with Crippen LogP contribution in [0.4, 0.5) is 0 Å². The molecule has 1 N–H and O–H groups in total. The van der Waals surface area contributed by atoms with Crippen LogP contribution in [0.1, 0.15) is 45.1 Å². The quantitative estimate of drug-likeness (QED) is 0.822. The fourth-order valence-corrected chi connectivity index (χ4v) is 1.64. The van der Waals surface area contributed by atoms with Crippen molar-refractivity contribution < 1.29 is 4.79 Å². The Labute approximate surface area is 104 Å². The van der Waals surface area contributed by atoms with Gasteiger partial charge in [-0.15, -0.1) is 0 Å². The van der Waals surface area contributed by atoms with Crippen molar-refractivity contribution in [2.75, 3.05) is 6.54 Å². The van der Waals surface area contributed by atoms with E-state index in [4.69, 9.17) is 0 Å². The minimum absolute atomic E-state index is 0.127. The molecule has 1 rings (SSSR count). The largest absolute Gasteiger partial charge is 0.356 e. The molecular formula is C14H22N2O. The van der Waals surface area contributed by atoms with Gasteiger partial charge in [-0.25, -0.2) is 0 Å². The van der Waals surface area contributed by atoms with E-state index in [1.807, 2.05) is 18.3 Å². The molecule has 0 saturated heterocycles. The molecule has 0 aliphatic rings. The molecule has 0 spiro atoms. The van der Waals surface area contributed by atoms with Crippen LogP contribution in [0.2, 0.25) is 0 Å².